The van der Waals surface area contributed by atoms with E-state index in [4.69, 9.17) is 9.47 Å². The van der Waals surface area contributed by atoms with Crippen molar-refractivity contribution in [2.45, 2.75) is 71.4 Å². The molecule has 0 heterocycles. The van der Waals surface area contributed by atoms with Crippen LogP contribution in [0.1, 0.15) is 59.3 Å². The van der Waals surface area contributed by atoms with E-state index in [0.29, 0.717) is 18.3 Å². The minimum absolute atomic E-state index is 0.0346. The number of hydrogen-bond donors (Lipinski definition) is 1. The normalized spacial score (nSPS) is 20.0. The van der Waals surface area contributed by atoms with Crippen molar-refractivity contribution in [1.82, 2.24) is 4.90 Å². The third kappa shape index (κ3) is 6.20. The summed E-state index contributed by atoms with van der Waals surface area (Å²) in [5, 5.41) is 2.86. The number of rotatable bonds is 9. The van der Waals surface area contributed by atoms with Gasteiger partial charge in [-0.25, -0.2) is 4.79 Å². The van der Waals surface area contributed by atoms with E-state index in [1.54, 1.807) is 0 Å². The summed E-state index contributed by atoms with van der Waals surface area (Å²) in [5.41, 5.74) is 0.708. The third-order valence-corrected chi connectivity index (χ3v) is 5.05. The Bertz CT molecular complexity index is 546. The molecule has 0 saturated heterocycles. The Morgan fingerprint density at radius 2 is 1.96 bits per heavy atom. The second-order valence-electron chi connectivity index (χ2n) is 6.87. The number of benzene rings is 1. The fraction of sp³-hybridized carbons (Fsp3) is 0.667. The van der Waals surface area contributed by atoms with Crippen LogP contribution in [0.15, 0.2) is 24.3 Å². The molecule has 0 radical (unpaired) electrons. The smallest absolute Gasteiger partial charge is 0.411 e. The molecule has 5 heteroatoms. The molecule has 2 unspecified atom stereocenters. The largest absolute Gasteiger partial charge is 0.494 e. The lowest BCUT2D eigenvalue weighted by Gasteiger charge is -2.38. The SMILES string of the molecule is CCCCOc1cccc(NC(=O)OC2CCCCC2N(CC)CC)c1. The Morgan fingerprint density at radius 3 is 2.69 bits per heavy atom. The molecular weight excluding hydrogens is 328 g/mol. The Hall–Kier alpha value is -1.75. The standard InChI is InChI=1S/C21H34N2O3/c1-4-7-15-25-18-12-10-11-17(16-18)22-21(24)26-20-14-9-8-13-19(20)23(5-2)6-3/h10-12,16,19-20H,4-9,13-15H2,1-3H3,(H,22,24). The van der Waals surface area contributed by atoms with Crippen molar-refractivity contribution in [3.05, 3.63) is 24.3 Å². The van der Waals surface area contributed by atoms with E-state index in [2.05, 4.69) is 31.0 Å². The number of hydrogen-bond acceptors (Lipinski definition) is 4. The van der Waals surface area contributed by atoms with Crippen molar-refractivity contribution >= 4 is 11.8 Å². The number of nitrogens with one attached hydrogen (secondary N) is 1. The predicted octanol–water partition coefficient (Wildman–Crippen LogP) is 5.07. The lowest BCUT2D eigenvalue weighted by molar-refractivity contribution is 0.0125. The van der Waals surface area contributed by atoms with Gasteiger partial charge in [-0.05, 0) is 50.9 Å². The van der Waals surface area contributed by atoms with Gasteiger partial charge in [0.15, 0.2) is 0 Å². The van der Waals surface area contributed by atoms with Crippen LogP contribution in [0.2, 0.25) is 0 Å². The van der Waals surface area contributed by atoms with Crippen LogP contribution in [-0.4, -0.2) is 42.8 Å². The Balaban J connectivity index is 1.91. The van der Waals surface area contributed by atoms with Crippen molar-refractivity contribution in [2.24, 2.45) is 0 Å². The van der Waals surface area contributed by atoms with Gasteiger partial charge in [-0.3, -0.25) is 10.2 Å². The molecule has 1 amide bonds. The van der Waals surface area contributed by atoms with Crippen molar-refractivity contribution in [3.8, 4) is 5.75 Å². The highest BCUT2D eigenvalue weighted by atomic mass is 16.6. The van der Waals surface area contributed by atoms with E-state index in [1.165, 1.54) is 6.42 Å². The van der Waals surface area contributed by atoms with Gasteiger partial charge in [-0.15, -0.1) is 0 Å². The fourth-order valence-corrected chi connectivity index (χ4v) is 3.61. The number of unbranched alkanes of at least 4 members (excludes halogenated alkanes) is 1. The number of likely N-dealkylation sites (N-methyl/N-ethyl adjacent to an activating group) is 1. The molecule has 1 fully saturated rings. The van der Waals surface area contributed by atoms with E-state index in [-0.39, 0.29) is 12.2 Å². The molecule has 0 aliphatic heterocycles. The molecule has 0 spiro atoms. The molecular formula is C21H34N2O3. The van der Waals surface area contributed by atoms with Gasteiger partial charge in [0.2, 0.25) is 0 Å². The number of nitrogens with zero attached hydrogens (tertiary/aromatic N) is 1. The van der Waals surface area contributed by atoms with Crippen LogP contribution in [0.3, 0.4) is 0 Å². The Labute approximate surface area is 158 Å². The molecule has 146 valence electrons. The molecule has 2 atom stereocenters. The van der Waals surface area contributed by atoms with E-state index in [9.17, 15) is 4.79 Å². The number of amides is 1. The van der Waals surface area contributed by atoms with Crippen LogP contribution in [0.4, 0.5) is 10.5 Å². The summed E-state index contributed by atoms with van der Waals surface area (Å²) < 4.78 is 11.5. The monoisotopic (exact) mass is 362 g/mol. The first-order valence-corrected chi connectivity index (χ1v) is 10.1. The van der Waals surface area contributed by atoms with Gasteiger partial charge >= 0.3 is 6.09 Å². The molecule has 1 aliphatic carbocycles. The van der Waals surface area contributed by atoms with Crippen LogP contribution < -0.4 is 10.1 Å². The molecule has 1 saturated carbocycles. The summed E-state index contributed by atoms with van der Waals surface area (Å²) in [6.07, 6.45) is 6.08. The molecule has 0 bridgehead atoms. The van der Waals surface area contributed by atoms with Crippen LogP contribution in [0, 0.1) is 0 Å². The first kappa shape index (κ1) is 20.6. The average Bonchev–Trinajstić information content (AvgIpc) is 2.64. The zero-order valence-electron chi connectivity index (χ0n) is 16.5. The summed E-state index contributed by atoms with van der Waals surface area (Å²) in [6.45, 7) is 9.13. The highest BCUT2D eigenvalue weighted by Crippen LogP contribution is 2.26. The van der Waals surface area contributed by atoms with Gasteiger partial charge in [0.05, 0.1) is 6.61 Å². The highest BCUT2D eigenvalue weighted by Gasteiger charge is 2.31. The second kappa shape index (κ2) is 11.1. The van der Waals surface area contributed by atoms with Gasteiger partial charge in [-0.2, -0.15) is 0 Å². The van der Waals surface area contributed by atoms with E-state index in [0.717, 1.165) is 50.9 Å². The second-order valence-corrected chi connectivity index (χ2v) is 6.87. The summed E-state index contributed by atoms with van der Waals surface area (Å²) >= 11 is 0. The highest BCUT2D eigenvalue weighted by molar-refractivity contribution is 5.85. The zero-order chi connectivity index (χ0) is 18.8. The number of anilines is 1. The fourth-order valence-electron chi connectivity index (χ4n) is 3.61. The number of ether oxygens (including phenoxy) is 2. The van der Waals surface area contributed by atoms with E-state index in [1.807, 2.05) is 24.3 Å². The molecule has 1 N–H and O–H groups in total. The van der Waals surface area contributed by atoms with Crippen LogP contribution in [0.25, 0.3) is 0 Å². The van der Waals surface area contributed by atoms with Gasteiger partial charge in [0, 0.05) is 17.8 Å². The van der Waals surface area contributed by atoms with Gasteiger partial charge < -0.3 is 9.47 Å². The lowest BCUT2D eigenvalue weighted by atomic mass is 9.91. The molecule has 26 heavy (non-hydrogen) atoms. The number of carbonyl (C=O) groups excluding carboxylic acids is 1. The maximum absolute atomic E-state index is 12.4. The van der Waals surface area contributed by atoms with Gasteiger partial charge in [0.25, 0.3) is 0 Å². The molecule has 1 aromatic rings. The van der Waals surface area contributed by atoms with Crippen LogP contribution in [-0.2, 0) is 4.74 Å². The van der Waals surface area contributed by atoms with Crippen LogP contribution >= 0.6 is 0 Å². The Kier molecular flexibility index (Phi) is 8.75. The summed E-state index contributed by atoms with van der Waals surface area (Å²) in [6, 6.07) is 7.82. The summed E-state index contributed by atoms with van der Waals surface area (Å²) in [7, 11) is 0. The van der Waals surface area contributed by atoms with Crippen molar-refractivity contribution in [1.29, 1.82) is 0 Å². The average molecular weight is 363 g/mol. The third-order valence-electron chi connectivity index (χ3n) is 5.05. The van der Waals surface area contributed by atoms with Crippen molar-refractivity contribution < 1.29 is 14.3 Å². The molecule has 1 aliphatic rings. The lowest BCUT2D eigenvalue weighted by Crippen LogP contribution is -2.47. The molecule has 5 nitrogen and oxygen atoms in total. The zero-order valence-corrected chi connectivity index (χ0v) is 16.5. The van der Waals surface area contributed by atoms with E-state index < -0.39 is 0 Å². The maximum atomic E-state index is 12.4. The summed E-state index contributed by atoms with van der Waals surface area (Å²) in [4.78, 5) is 14.8. The minimum Gasteiger partial charge on any atom is -0.494 e. The predicted molar refractivity (Wildman–Crippen MR) is 106 cm³/mol. The first-order valence-electron chi connectivity index (χ1n) is 10.1. The first-order chi connectivity index (χ1) is 12.7. The Morgan fingerprint density at radius 1 is 1.19 bits per heavy atom. The molecule has 1 aromatic carbocycles. The van der Waals surface area contributed by atoms with Crippen molar-refractivity contribution in [2.75, 3.05) is 25.0 Å². The topological polar surface area (TPSA) is 50.8 Å². The minimum atomic E-state index is -0.375. The quantitative estimate of drug-likeness (QED) is 0.623. The molecule has 0 aromatic heterocycles. The van der Waals surface area contributed by atoms with Gasteiger partial charge in [-0.1, -0.05) is 39.7 Å². The van der Waals surface area contributed by atoms with Crippen molar-refractivity contribution in [3.63, 3.8) is 0 Å². The van der Waals surface area contributed by atoms with Gasteiger partial charge in [0.1, 0.15) is 11.9 Å². The molecule has 2 rings (SSSR count). The summed E-state index contributed by atoms with van der Waals surface area (Å²) in [5.74, 6) is 0.773. The van der Waals surface area contributed by atoms with E-state index >= 15 is 0 Å². The number of carbonyl (C=O) groups is 1. The maximum Gasteiger partial charge on any atom is 0.411 e. The van der Waals surface area contributed by atoms with Crippen LogP contribution in [0.5, 0.6) is 5.75 Å².